The fourth-order valence-electron chi connectivity index (χ4n) is 5.65. The lowest BCUT2D eigenvalue weighted by Gasteiger charge is -2.35. The van der Waals surface area contributed by atoms with Crippen LogP contribution in [0.15, 0.2) is 30.3 Å². The molecule has 200 valence electrons. The van der Waals surface area contributed by atoms with Crippen molar-refractivity contribution in [2.24, 2.45) is 5.73 Å². The Morgan fingerprint density at radius 2 is 1.95 bits per heavy atom. The van der Waals surface area contributed by atoms with Crippen LogP contribution in [0.3, 0.4) is 0 Å². The summed E-state index contributed by atoms with van der Waals surface area (Å²) in [6, 6.07) is 7.73. The number of piperidine rings is 1. The first-order chi connectivity index (χ1) is 18.4. The SMILES string of the molecule is CN1CCNC(=O)COc2ccc(F)cc2C(=O)N2CCCCC2c2cc3nc(C4CC(N)C4)cc1n3n2. The van der Waals surface area contributed by atoms with Gasteiger partial charge in [0.1, 0.15) is 17.4 Å². The topological polar surface area (TPSA) is 118 Å². The van der Waals surface area contributed by atoms with Crippen LogP contribution in [0.1, 0.15) is 65.8 Å². The number of likely N-dealkylation sites (N-methyl/N-ethyl adjacent to an activating group) is 1. The van der Waals surface area contributed by atoms with Gasteiger partial charge in [0, 0.05) is 56.5 Å². The first kappa shape index (κ1) is 24.6. The van der Waals surface area contributed by atoms with Crippen LogP contribution < -0.4 is 20.7 Å². The van der Waals surface area contributed by atoms with Crippen LogP contribution >= 0.6 is 0 Å². The number of rotatable bonds is 1. The molecule has 10 nitrogen and oxygen atoms in total. The van der Waals surface area contributed by atoms with Crippen molar-refractivity contribution in [3.05, 3.63) is 53.1 Å². The molecule has 11 heteroatoms. The van der Waals surface area contributed by atoms with Crippen molar-refractivity contribution in [1.82, 2.24) is 24.8 Å². The predicted molar refractivity (Wildman–Crippen MR) is 139 cm³/mol. The number of nitrogens with one attached hydrogen (secondary N) is 1. The Balaban J connectivity index is 1.46. The molecule has 3 N–H and O–H groups in total. The van der Waals surface area contributed by atoms with Gasteiger partial charge >= 0.3 is 0 Å². The second-order valence-corrected chi connectivity index (χ2v) is 10.5. The zero-order chi connectivity index (χ0) is 26.4. The summed E-state index contributed by atoms with van der Waals surface area (Å²) in [5.41, 5.74) is 8.60. The third-order valence-corrected chi connectivity index (χ3v) is 7.84. The largest absolute Gasteiger partial charge is 0.483 e. The van der Waals surface area contributed by atoms with Crippen molar-refractivity contribution < 1.29 is 18.7 Å². The number of nitrogens with two attached hydrogens (primary N) is 1. The molecule has 3 aliphatic rings. The second kappa shape index (κ2) is 9.86. The van der Waals surface area contributed by atoms with Gasteiger partial charge in [-0.15, -0.1) is 0 Å². The van der Waals surface area contributed by atoms with Gasteiger partial charge in [0.25, 0.3) is 11.8 Å². The van der Waals surface area contributed by atoms with Crippen LogP contribution in [0, 0.1) is 5.82 Å². The molecule has 6 rings (SSSR count). The number of amides is 2. The molecule has 1 saturated heterocycles. The number of ether oxygens (including phenoxy) is 1. The van der Waals surface area contributed by atoms with E-state index in [2.05, 4.69) is 11.4 Å². The van der Waals surface area contributed by atoms with Gasteiger partial charge in [-0.2, -0.15) is 9.61 Å². The Morgan fingerprint density at radius 3 is 2.76 bits per heavy atom. The molecular weight excluding hydrogens is 489 g/mol. The van der Waals surface area contributed by atoms with Gasteiger partial charge in [0.15, 0.2) is 12.3 Å². The molecule has 1 atom stereocenters. The summed E-state index contributed by atoms with van der Waals surface area (Å²) in [5, 5.41) is 7.80. The van der Waals surface area contributed by atoms with Gasteiger partial charge in [-0.1, -0.05) is 0 Å². The molecule has 1 aliphatic carbocycles. The molecule has 2 amide bonds. The van der Waals surface area contributed by atoms with Crippen LogP contribution in [0.4, 0.5) is 10.2 Å². The lowest BCUT2D eigenvalue weighted by molar-refractivity contribution is -0.123. The number of carbonyl (C=O) groups excluding carboxylic acids is 2. The Morgan fingerprint density at radius 1 is 1.11 bits per heavy atom. The first-order valence-electron chi connectivity index (χ1n) is 13.2. The third kappa shape index (κ3) is 4.55. The normalized spacial score (nSPS) is 24.4. The lowest BCUT2D eigenvalue weighted by Crippen LogP contribution is -2.39. The van der Waals surface area contributed by atoms with E-state index < -0.39 is 5.82 Å². The second-order valence-electron chi connectivity index (χ2n) is 10.5. The van der Waals surface area contributed by atoms with Gasteiger partial charge < -0.3 is 25.6 Å². The van der Waals surface area contributed by atoms with E-state index >= 15 is 0 Å². The van der Waals surface area contributed by atoms with Crippen molar-refractivity contribution in [2.75, 3.05) is 38.2 Å². The minimum absolute atomic E-state index is 0.0997. The highest BCUT2D eigenvalue weighted by Gasteiger charge is 2.34. The van der Waals surface area contributed by atoms with E-state index in [-0.39, 0.29) is 41.8 Å². The van der Waals surface area contributed by atoms with Crippen LogP contribution in [-0.4, -0.2) is 70.6 Å². The number of benzene rings is 1. The molecule has 0 radical (unpaired) electrons. The molecular formula is C27H32FN7O3. The highest BCUT2D eigenvalue weighted by atomic mass is 19.1. The van der Waals surface area contributed by atoms with E-state index in [0.717, 1.165) is 49.3 Å². The van der Waals surface area contributed by atoms with E-state index in [1.54, 1.807) is 4.90 Å². The van der Waals surface area contributed by atoms with Crippen molar-refractivity contribution in [3.8, 4) is 5.75 Å². The Kier molecular flexibility index (Phi) is 6.38. The molecule has 0 spiro atoms. The maximum Gasteiger partial charge on any atom is 0.258 e. The quantitative estimate of drug-likeness (QED) is 0.505. The highest BCUT2D eigenvalue weighted by molar-refractivity contribution is 5.97. The molecule has 4 heterocycles. The maximum atomic E-state index is 14.3. The summed E-state index contributed by atoms with van der Waals surface area (Å²) in [4.78, 5) is 35.0. The number of nitrogens with zero attached hydrogens (tertiary/aromatic N) is 5. The molecule has 1 aromatic carbocycles. The van der Waals surface area contributed by atoms with Crippen LogP contribution in [0.2, 0.25) is 0 Å². The molecule has 2 aliphatic heterocycles. The Bertz CT molecular complexity index is 1390. The number of aromatic nitrogens is 3. The van der Waals surface area contributed by atoms with E-state index in [0.29, 0.717) is 31.2 Å². The highest BCUT2D eigenvalue weighted by Crippen LogP contribution is 2.38. The average molecular weight is 522 g/mol. The zero-order valence-corrected chi connectivity index (χ0v) is 21.4. The van der Waals surface area contributed by atoms with Gasteiger partial charge in [-0.3, -0.25) is 9.59 Å². The van der Waals surface area contributed by atoms with E-state index in [1.165, 1.54) is 18.2 Å². The van der Waals surface area contributed by atoms with Crippen LogP contribution in [0.25, 0.3) is 5.65 Å². The standard InChI is InChI=1S/C27H32FN7O3/c1-33-9-7-30-25(36)15-38-23-6-5-17(28)12-19(23)27(37)34-8-3-2-4-22(34)21-13-24-31-20(16-10-18(29)11-16)14-26(33)35(24)32-21/h5-6,12-14,16,18,22H,2-4,7-11,15,29H2,1H3,(H,30,36). The summed E-state index contributed by atoms with van der Waals surface area (Å²) in [7, 11) is 1.96. The van der Waals surface area contributed by atoms with Crippen molar-refractivity contribution >= 4 is 23.3 Å². The molecule has 2 fully saturated rings. The lowest BCUT2D eigenvalue weighted by atomic mass is 9.78. The van der Waals surface area contributed by atoms with E-state index in [1.807, 2.05) is 22.5 Å². The average Bonchev–Trinajstić information content (AvgIpc) is 3.33. The Hall–Kier alpha value is -3.73. The van der Waals surface area contributed by atoms with E-state index in [9.17, 15) is 14.0 Å². The number of fused-ring (bicyclic) bond motifs is 4. The first-order valence-corrected chi connectivity index (χ1v) is 13.2. The van der Waals surface area contributed by atoms with Gasteiger partial charge in [0.2, 0.25) is 0 Å². The third-order valence-electron chi connectivity index (χ3n) is 7.84. The van der Waals surface area contributed by atoms with Gasteiger partial charge in [0.05, 0.1) is 17.3 Å². The monoisotopic (exact) mass is 521 g/mol. The summed E-state index contributed by atoms with van der Waals surface area (Å²) in [6.07, 6.45) is 4.30. The van der Waals surface area contributed by atoms with Gasteiger partial charge in [-0.25, -0.2) is 9.37 Å². The minimum Gasteiger partial charge on any atom is -0.483 e. The van der Waals surface area contributed by atoms with Crippen molar-refractivity contribution in [2.45, 2.75) is 50.1 Å². The van der Waals surface area contributed by atoms with Crippen LogP contribution in [-0.2, 0) is 4.79 Å². The maximum absolute atomic E-state index is 14.3. The van der Waals surface area contributed by atoms with E-state index in [4.69, 9.17) is 20.6 Å². The fraction of sp³-hybridized carbons (Fsp3) is 0.481. The molecule has 1 unspecified atom stereocenters. The molecule has 3 aromatic rings. The van der Waals surface area contributed by atoms with Crippen LogP contribution in [0.5, 0.6) is 5.75 Å². The minimum atomic E-state index is -0.541. The van der Waals surface area contributed by atoms with Crippen molar-refractivity contribution in [3.63, 3.8) is 0 Å². The molecule has 2 aromatic heterocycles. The number of hydrogen-bond donors (Lipinski definition) is 2. The molecule has 1 saturated carbocycles. The number of halogens is 1. The summed E-state index contributed by atoms with van der Waals surface area (Å²) in [6.45, 7) is 1.16. The predicted octanol–water partition coefficient (Wildman–Crippen LogP) is 2.39. The summed E-state index contributed by atoms with van der Waals surface area (Å²) in [5.74, 6) is 0.127. The molecule has 2 bridgehead atoms. The number of anilines is 1. The smallest absolute Gasteiger partial charge is 0.258 e. The molecule has 38 heavy (non-hydrogen) atoms. The number of carbonyl (C=O) groups is 2. The summed E-state index contributed by atoms with van der Waals surface area (Å²) < 4.78 is 21.8. The Labute approximate surface area is 219 Å². The zero-order valence-electron chi connectivity index (χ0n) is 21.4. The van der Waals surface area contributed by atoms with Crippen molar-refractivity contribution in [1.29, 1.82) is 0 Å². The fourth-order valence-corrected chi connectivity index (χ4v) is 5.65. The van der Waals surface area contributed by atoms with Gasteiger partial charge in [-0.05, 0) is 50.3 Å². The number of hydrogen-bond acceptors (Lipinski definition) is 7. The summed E-state index contributed by atoms with van der Waals surface area (Å²) >= 11 is 0.